The SMILES string of the molecule is CC(C)(c1ccccc1)c1ccc(OP(=O)(O)Oc2ccc(O)cc2)cc1. The van der Waals surface area contributed by atoms with Gasteiger partial charge in [0.1, 0.15) is 17.2 Å². The summed E-state index contributed by atoms with van der Waals surface area (Å²) in [5.74, 6) is 0.389. The summed E-state index contributed by atoms with van der Waals surface area (Å²) in [7, 11) is -4.35. The molecule has 0 aromatic heterocycles. The van der Waals surface area contributed by atoms with Crippen molar-refractivity contribution in [2.24, 2.45) is 0 Å². The van der Waals surface area contributed by atoms with E-state index in [4.69, 9.17) is 9.05 Å². The third kappa shape index (κ3) is 4.70. The van der Waals surface area contributed by atoms with Gasteiger partial charge in [0.15, 0.2) is 0 Å². The molecule has 140 valence electrons. The molecule has 27 heavy (non-hydrogen) atoms. The van der Waals surface area contributed by atoms with E-state index in [1.54, 1.807) is 12.1 Å². The standard InChI is InChI=1S/C21H21O5P/c1-21(2,16-6-4-3-5-7-16)17-8-12-19(13-9-17)25-27(23,24)26-20-14-10-18(22)11-15-20/h3-15,22H,1-2H3,(H,23,24). The van der Waals surface area contributed by atoms with Gasteiger partial charge >= 0.3 is 7.82 Å². The molecule has 1 unspecified atom stereocenters. The Hall–Kier alpha value is -2.75. The normalized spacial score (nSPS) is 13.6. The Bertz CT molecular complexity index is 935. The molecule has 1 atom stereocenters. The van der Waals surface area contributed by atoms with Gasteiger partial charge in [-0.3, -0.25) is 4.89 Å². The molecule has 0 fully saturated rings. The molecule has 0 amide bonds. The zero-order chi connectivity index (χ0) is 19.5. The number of hydrogen-bond donors (Lipinski definition) is 2. The van der Waals surface area contributed by atoms with E-state index in [2.05, 4.69) is 26.0 Å². The number of rotatable bonds is 6. The van der Waals surface area contributed by atoms with E-state index >= 15 is 0 Å². The second kappa shape index (κ2) is 7.47. The molecule has 0 bridgehead atoms. The van der Waals surface area contributed by atoms with Crippen molar-refractivity contribution in [1.82, 2.24) is 0 Å². The van der Waals surface area contributed by atoms with E-state index < -0.39 is 7.82 Å². The summed E-state index contributed by atoms with van der Waals surface area (Å²) < 4.78 is 22.3. The minimum absolute atomic E-state index is 0.0349. The zero-order valence-corrected chi connectivity index (χ0v) is 16.0. The first-order valence-electron chi connectivity index (χ1n) is 8.43. The second-order valence-corrected chi connectivity index (χ2v) is 7.96. The molecular formula is C21H21O5P. The van der Waals surface area contributed by atoms with Gasteiger partial charge < -0.3 is 14.2 Å². The van der Waals surface area contributed by atoms with E-state index in [0.29, 0.717) is 0 Å². The first-order chi connectivity index (χ1) is 12.8. The maximum atomic E-state index is 12.2. The van der Waals surface area contributed by atoms with Gasteiger partial charge in [0.2, 0.25) is 0 Å². The maximum absolute atomic E-state index is 12.2. The van der Waals surface area contributed by atoms with Crippen LogP contribution in [0.2, 0.25) is 0 Å². The Morgan fingerprint density at radius 2 is 1.19 bits per heavy atom. The van der Waals surface area contributed by atoms with E-state index in [1.165, 1.54) is 29.8 Å². The smallest absolute Gasteiger partial charge is 0.508 e. The molecule has 0 saturated carbocycles. The van der Waals surface area contributed by atoms with Crippen LogP contribution in [0.15, 0.2) is 78.9 Å². The first-order valence-corrected chi connectivity index (χ1v) is 9.93. The van der Waals surface area contributed by atoms with Gasteiger partial charge in [-0.2, -0.15) is 0 Å². The summed E-state index contributed by atoms with van der Waals surface area (Å²) in [6, 6.07) is 22.6. The van der Waals surface area contributed by atoms with Gasteiger partial charge in [-0.1, -0.05) is 56.3 Å². The number of hydrogen-bond acceptors (Lipinski definition) is 4. The minimum atomic E-state index is -4.35. The van der Waals surface area contributed by atoms with Crippen molar-refractivity contribution in [2.45, 2.75) is 19.3 Å². The first kappa shape index (κ1) is 19.0. The van der Waals surface area contributed by atoms with Crippen molar-refractivity contribution in [3.05, 3.63) is 90.0 Å². The van der Waals surface area contributed by atoms with Crippen LogP contribution in [-0.4, -0.2) is 10.00 Å². The molecule has 5 nitrogen and oxygen atoms in total. The molecule has 0 aliphatic rings. The van der Waals surface area contributed by atoms with Gasteiger partial charge in [-0.05, 0) is 47.5 Å². The number of phosphoric acid groups is 1. The van der Waals surface area contributed by atoms with Crippen molar-refractivity contribution in [1.29, 1.82) is 0 Å². The highest BCUT2D eigenvalue weighted by atomic mass is 31.2. The van der Waals surface area contributed by atoms with Gasteiger partial charge in [-0.25, -0.2) is 4.57 Å². The number of benzene rings is 3. The largest absolute Gasteiger partial charge is 0.584 e. The molecule has 3 aromatic rings. The van der Waals surface area contributed by atoms with Crippen LogP contribution in [0, 0.1) is 0 Å². The molecule has 3 rings (SSSR count). The maximum Gasteiger partial charge on any atom is 0.584 e. The third-order valence-corrected chi connectivity index (χ3v) is 5.23. The Morgan fingerprint density at radius 1 is 0.741 bits per heavy atom. The van der Waals surface area contributed by atoms with Crippen molar-refractivity contribution in [3.63, 3.8) is 0 Å². The molecule has 0 aliphatic heterocycles. The van der Waals surface area contributed by atoms with Crippen LogP contribution in [0.5, 0.6) is 17.2 Å². The van der Waals surface area contributed by atoms with Crippen LogP contribution in [0.3, 0.4) is 0 Å². The Balaban J connectivity index is 1.73. The highest BCUT2D eigenvalue weighted by Gasteiger charge is 2.26. The molecule has 6 heteroatoms. The lowest BCUT2D eigenvalue weighted by Gasteiger charge is -2.26. The average Bonchev–Trinajstić information content (AvgIpc) is 2.64. The van der Waals surface area contributed by atoms with Gasteiger partial charge in [0, 0.05) is 5.41 Å². The van der Waals surface area contributed by atoms with Crippen LogP contribution in [0.4, 0.5) is 0 Å². The number of phenols is 1. The lowest BCUT2D eigenvalue weighted by Crippen LogP contribution is -2.18. The number of phosphoric ester groups is 1. The van der Waals surface area contributed by atoms with Crippen LogP contribution in [0.1, 0.15) is 25.0 Å². The topological polar surface area (TPSA) is 76.0 Å². The summed E-state index contributed by atoms with van der Waals surface area (Å²) in [6.07, 6.45) is 0. The lowest BCUT2D eigenvalue weighted by molar-refractivity contribution is 0.290. The van der Waals surface area contributed by atoms with Gasteiger partial charge in [0.25, 0.3) is 0 Å². The van der Waals surface area contributed by atoms with E-state index in [9.17, 15) is 14.6 Å². The molecule has 0 saturated heterocycles. The monoisotopic (exact) mass is 384 g/mol. The molecule has 0 spiro atoms. The molecule has 2 N–H and O–H groups in total. The van der Waals surface area contributed by atoms with Gasteiger partial charge in [0.05, 0.1) is 0 Å². The Kier molecular flexibility index (Phi) is 5.26. The second-order valence-electron chi connectivity index (χ2n) is 6.66. The van der Waals surface area contributed by atoms with Crippen LogP contribution >= 0.6 is 7.82 Å². The molecular weight excluding hydrogens is 363 g/mol. The highest BCUT2D eigenvalue weighted by Crippen LogP contribution is 2.45. The fraction of sp³-hybridized carbons (Fsp3) is 0.143. The highest BCUT2D eigenvalue weighted by molar-refractivity contribution is 7.48. The van der Waals surface area contributed by atoms with Crippen molar-refractivity contribution in [3.8, 4) is 17.2 Å². The molecule has 0 radical (unpaired) electrons. The van der Waals surface area contributed by atoms with Crippen LogP contribution < -0.4 is 9.05 Å². The predicted molar refractivity (Wildman–Crippen MR) is 104 cm³/mol. The summed E-state index contributed by atoms with van der Waals surface area (Å²) >= 11 is 0. The van der Waals surface area contributed by atoms with Crippen LogP contribution in [0.25, 0.3) is 0 Å². The average molecular weight is 384 g/mol. The fourth-order valence-electron chi connectivity index (χ4n) is 2.75. The van der Waals surface area contributed by atoms with Crippen molar-refractivity contribution in [2.75, 3.05) is 0 Å². The summed E-state index contributed by atoms with van der Waals surface area (Å²) in [6.45, 7) is 4.23. The number of phenolic OH excluding ortho intramolecular Hbond substituents is 1. The fourth-order valence-corrected chi connectivity index (χ4v) is 3.56. The van der Waals surface area contributed by atoms with Gasteiger partial charge in [-0.15, -0.1) is 0 Å². The number of aromatic hydroxyl groups is 1. The molecule has 0 heterocycles. The van der Waals surface area contributed by atoms with E-state index in [-0.39, 0.29) is 22.7 Å². The quantitative estimate of drug-likeness (QED) is 0.566. The lowest BCUT2D eigenvalue weighted by atomic mass is 9.78. The molecule has 0 aliphatic carbocycles. The Labute approximate surface area is 158 Å². The van der Waals surface area contributed by atoms with Crippen LogP contribution in [-0.2, 0) is 9.98 Å². The summed E-state index contributed by atoms with van der Waals surface area (Å²) in [4.78, 5) is 9.95. The molecule has 3 aromatic carbocycles. The Morgan fingerprint density at radius 3 is 1.70 bits per heavy atom. The predicted octanol–water partition coefficient (Wildman–Crippen LogP) is 5.28. The third-order valence-electron chi connectivity index (χ3n) is 4.35. The van der Waals surface area contributed by atoms with Crippen molar-refractivity contribution < 1.29 is 23.6 Å². The summed E-state index contributed by atoms with van der Waals surface area (Å²) in [5, 5.41) is 9.25. The minimum Gasteiger partial charge on any atom is -0.508 e. The van der Waals surface area contributed by atoms with E-state index in [0.717, 1.165) is 5.56 Å². The van der Waals surface area contributed by atoms with E-state index in [1.807, 2.05) is 30.3 Å². The van der Waals surface area contributed by atoms with Crippen molar-refractivity contribution >= 4 is 7.82 Å². The summed E-state index contributed by atoms with van der Waals surface area (Å²) in [5.41, 5.74) is 2.00. The zero-order valence-electron chi connectivity index (χ0n) is 15.1.